The van der Waals surface area contributed by atoms with Gasteiger partial charge in [-0.1, -0.05) is 30.3 Å². The molecule has 156 valence electrons. The fraction of sp³-hybridized carbons (Fsp3) is 0.333. The van der Waals surface area contributed by atoms with E-state index >= 15 is 0 Å². The van der Waals surface area contributed by atoms with Crippen molar-refractivity contribution in [1.29, 1.82) is 0 Å². The number of rotatable bonds is 7. The summed E-state index contributed by atoms with van der Waals surface area (Å²) < 4.78 is 0. The number of nitrogens with one attached hydrogen (secondary N) is 2. The van der Waals surface area contributed by atoms with Crippen molar-refractivity contribution in [3.05, 3.63) is 65.9 Å². The van der Waals surface area contributed by atoms with E-state index in [-0.39, 0.29) is 17.7 Å². The molecule has 0 atom stereocenters. The molecule has 2 amide bonds. The number of aromatic nitrogens is 1. The molecule has 1 aliphatic rings. The Balaban J connectivity index is 1.25. The first kappa shape index (κ1) is 20.2. The van der Waals surface area contributed by atoms with E-state index in [1.165, 1.54) is 5.56 Å². The second kappa shape index (κ2) is 9.13. The summed E-state index contributed by atoms with van der Waals surface area (Å²) in [5.41, 5.74) is 9.49. The van der Waals surface area contributed by atoms with Gasteiger partial charge in [0.05, 0.1) is 6.42 Å². The van der Waals surface area contributed by atoms with Gasteiger partial charge in [0.15, 0.2) is 0 Å². The van der Waals surface area contributed by atoms with Crippen LogP contribution in [-0.4, -0.2) is 41.3 Å². The molecular weight excluding hydrogens is 376 g/mol. The number of anilines is 1. The van der Waals surface area contributed by atoms with Crippen LogP contribution in [0.3, 0.4) is 0 Å². The summed E-state index contributed by atoms with van der Waals surface area (Å²) in [6, 6.07) is 16.1. The lowest BCUT2D eigenvalue weighted by molar-refractivity contribution is -0.123. The summed E-state index contributed by atoms with van der Waals surface area (Å²) in [6.45, 7) is 2.82. The number of benzene rings is 2. The number of primary amides is 1. The van der Waals surface area contributed by atoms with E-state index in [0.717, 1.165) is 61.1 Å². The maximum Gasteiger partial charge on any atom is 0.228 e. The van der Waals surface area contributed by atoms with E-state index in [0.29, 0.717) is 6.42 Å². The Kier molecular flexibility index (Phi) is 6.14. The third kappa shape index (κ3) is 4.89. The Bertz CT molecular complexity index is 1020. The van der Waals surface area contributed by atoms with Gasteiger partial charge in [-0.25, -0.2) is 0 Å². The van der Waals surface area contributed by atoms with Crippen molar-refractivity contribution in [1.82, 2.24) is 9.88 Å². The Morgan fingerprint density at radius 2 is 1.80 bits per heavy atom. The molecule has 4 N–H and O–H groups in total. The number of H-pyrrole nitrogens is 1. The number of carbonyl (C=O) groups excluding carboxylic acids is 2. The van der Waals surface area contributed by atoms with Gasteiger partial charge in [0, 0.05) is 35.2 Å². The van der Waals surface area contributed by atoms with Crippen molar-refractivity contribution in [2.45, 2.75) is 25.7 Å². The van der Waals surface area contributed by atoms with Crippen LogP contribution in [0, 0.1) is 5.92 Å². The van der Waals surface area contributed by atoms with E-state index in [1.807, 2.05) is 42.6 Å². The molecular formula is C24H28N4O2. The van der Waals surface area contributed by atoms with Gasteiger partial charge in [0.25, 0.3) is 0 Å². The summed E-state index contributed by atoms with van der Waals surface area (Å²) in [6.07, 6.45) is 4.91. The molecule has 0 aliphatic carbocycles. The standard InChI is InChI=1S/C24H28N4O2/c25-24(30)18-10-13-28(14-11-18)12-9-17-5-7-20(8-6-17)27-23(29)15-19-16-26-22-4-2-1-3-21(19)22/h1-8,16,18,26H,9-15H2,(H2,25,30)(H,27,29). The van der Waals surface area contributed by atoms with Crippen LogP contribution in [0.1, 0.15) is 24.0 Å². The number of aromatic amines is 1. The lowest BCUT2D eigenvalue weighted by atomic mass is 9.96. The number of carbonyl (C=O) groups is 2. The quantitative estimate of drug-likeness (QED) is 0.565. The maximum absolute atomic E-state index is 12.5. The van der Waals surface area contributed by atoms with Crippen molar-refractivity contribution < 1.29 is 9.59 Å². The molecule has 1 fully saturated rings. The number of fused-ring (bicyclic) bond motifs is 1. The zero-order chi connectivity index (χ0) is 20.9. The number of likely N-dealkylation sites (tertiary alicyclic amines) is 1. The van der Waals surface area contributed by atoms with Gasteiger partial charge in [-0.15, -0.1) is 0 Å². The topological polar surface area (TPSA) is 91.2 Å². The van der Waals surface area contributed by atoms with E-state index in [4.69, 9.17) is 5.73 Å². The third-order valence-electron chi connectivity index (χ3n) is 5.97. The van der Waals surface area contributed by atoms with Gasteiger partial charge >= 0.3 is 0 Å². The lowest BCUT2D eigenvalue weighted by Crippen LogP contribution is -2.39. The molecule has 1 aromatic heterocycles. The highest BCUT2D eigenvalue weighted by molar-refractivity contribution is 5.95. The predicted octanol–water partition coefficient (Wildman–Crippen LogP) is 3.09. The normalized spacial score (nSPS) is 15.3. The SMILES string of the molecule is NC(=O)C1CCN(CCc2ccc(NC(=O)Cc3c[nH]c4ccccc34)cc2)CC1. The molecule has 1 aliphatic heterocycles. The van der Waals surface area contributed by atoms with E-state index in [2.05, 4.69) is 27.3 Å². The number of piperidine rings is 1. The highest BCUT2D eigenvalue weighted by Gasteiger charge is 2.22. The van der Waals surface area contributed by atoms with Crippen LogP contribution in [0.25, 0.3) is 10.9 Å². The first-order valence-electron chi connectivity index (χ1n) is 10.5. The zero-order valence-corrected chi connectivity index (χ0v) is 17.1. The van der Waals surface area contributed by atoms with Crippen molar-refractivity contribution in [2.24, 2.45) is 11.7 Å². The number of nitrogens with zero attached hydrogens (tertiary/aromatic N) is 1. The lowest BCUT2D eigenvalue weighted by Gasteiger charge is -2.30. The van der Waals surface area contributed by atoms with Crippen molar-refractivity contribution in [2.75, 3.05) is 25.0 Å². The molecule has 0 unspecified atom stereocenters. The minimum Gasteiger partial charge on any atom is -0.369 e. The second-order valence-corrected chi connectivity index (χ2v) is 8.05. The third-order valence-corrected chi connectivity index (χ3v) is 5.97. The van der Waals surface area contributed by atoms with E-state index in [1.54, 1.807) is 0 Å². The maximum atomic E-state index is 12.5. The van der Waals surface area contributed by atoms with E-state index in [9.17, 15) is 9.59 Å². The molecule has 30 heavy (non-hydrogen) atoms. The van der Waals surface area contributed by atoms with Gasteiger partial charge in [0.2, 0.25) is 11.8 Å². The molecule has 2 heterocycles. The Hall–Kier alpha value is -3.12. The van der Waals surface area contributed by atoms with Crippen molar-refractivity contribution in [3.63, 3.8) is 0 Å². The highest BCUT2D eigenvalue weighted by atomic mass is 16.2. The number of nitrogens with two attached hydrogens (primary N) is 1. The molecule has 0 radical (unpaired) electrons. The molecule has 3 aromatic rings. The van der Waals surface area contributed by atoms with Gasteiger partial charge in [-0.3, -0.25) is 9.59 Å². The van der Waals surface area contributed by atoms with Gasteiger partial charge in [0.1, 0.15) is 0 Å². The van der Waals surface area contributed by atoms with Crippen LogP contribution in [0.15, 0.2) is 54.7 Å². The Morgan fingerprint density at radius 1 is 1.07 bits per heavy atom. The summed E-state index contributed by atoms with van der Waals surface area (Å²) in [7, 11) is 0. The van der Waals surface area contributed by atoms with Crippen LogP contribution < -0.4 is 11.1 Å². The summed E-state index contributed by atoms with van der Waals surface area (Å²) in [5.74, 6) is -0.157. The first-order chi connectivity index (χ1) is 14.6. The van der Waals surface area contributed by atoms with Crippen LogP contribution >= 0.6 is 0 Å². The van der Waals surface area contributed by atoms with Crippen LogP contribution in [-0.2, 0) is 22.4 Å². The number of amides is 2. The summed E-state index contributed by atoms with van der Waals surface area (Å²) >= 11 is 0. The monoisotopic (exact) mass is 404 g/mol. The smallest absolute Gasteiger partial charge is 0.228 e. The van der Waals surface area contributed by atoms with Gasteiger partial charge in [-0.2, -0.15) is 0 Å². The highest BCUT2D eigenvalue weighted by Crippen LogP contribution is 2.20. The molecule has 6 nitrogen and oxygen atoms in total. The van der Waals surface area contributed by atoms with Gasteiger partial charge in [-0.05, 0) is 61.7 Å². The fourth-order valence-corrected chi connectivity index (χ4v) is 4.14. The Morgan fingerprint density at radius 3 is 2.53 bits per heavy atom. The largest absolute Gasteiger partial charge is 0.369 e. The molecule has 0 bridgehead atoms. The van der Waals surface area contributed by atoms with E-state index < -0.39 is 0 Å². The molecule has 6 heteroatoms. The van der Waals surface area contributed by atoms with Crippen LogP contribution in [0.2, 0.25) is 0 Å². The zero-order valence-electron chi connectivity index (χ0n) is 17.1. The number of hydrogen-bond donors (Lipinski definition) is 3. The summed E-state index contributed by atoms with van der Waals surface area (Å²) in [4.78, 5) is 29.3. The minimum atomic E-state index is -0.169. The Labute approximate surface area is 176 Å². The average molecular weight is 405 g/mol. The molecule has 1 saturated heterocycles. The number of para-hydroxylation sites is 1. The van der Waals surface area contributed by atoms with Gasteiger partial charge < -0.3 is 20.9 Å². The van der Waals surface area contributed by atoms with Crippen LogP contribution in [0.4, 0.5) is 5.69 Å². The second-order valence-electron chi connectivity index (χ2n) is 8.05. The molecule has 0 spiro atoms. The fourth-order valence-electron chi connectivity index (χ4n) is 4.14. The molecule has 4 rings (SSSR count). The van der Waals surface area contributed by atoms with Crippen molar-refractivity contribution >= 4 is 28.4 Å². The van der Waals surface area contributed by atoms with Crippen molar-refractivity contribution in [3.8, 4) is 0 Å². The number of hydrogen-bond acceptors (Lipinski definition) is 3. The van der Waals surface area contributed by atoms with Crippen LogP contribution in [0.5, 0.6) is 0 Å². The first-order valence-corrected chi connectivity index (χ1v) is 10.5. The average Bonchev–Trinajstić information content (AvgIpc) is 3.16. The predicted molar refractivity (Wildman–Crippen MR) is 119 cm³/mol. The summed E-state index contributed by atoms with van der Waals surface area (Å²) in [5, 5.41) is 4.07. The minimum absolute atomic E-state index is 0.0233. The molecule has 2 aromatic carbocycles. The molecule has 0 saturated carbocycles.